The molecule has 0 aliphatic heterocycles. The number of carbonyl (C=O) groups is 1. The van der Waals surface area contributed by atoms with Gasteiger partial charge in [-0.25, -0.2) is 0 Å². The average molecular weight is 323 g/mol. The van der Waals surface area contributed by atoms with Gasteiger partial charge in [-0.15, -0.1) is 12.4 Å². The van der Waals surface area contributed by atoms with Gasteiger partial charge in [0, 0.05) is 27.8 Å². The van der Waals surface area contributed by atoms with Crippen LogP contribution in [0.25, 0.3) is 0 Å². The second kappa shape index (κ2) is 9.00. The third kappa shape index (κ3) is 6.10. The minimum absolute atomic E-state index is 0. The van der Waals surface area contributed by atoms with Gasteiger partial charge < -0.3 is 10.6 Å². The molecule has 0 spiro atoms. The van der Waals surface area contributed by atoms with E-state index < -0.39 is 10.8 Å². The molecule has 1 amide bonds. The van der Waals surface area contributed by atoms with Crippen LogP contribution in [0.3, 0.4) is 0 Å². The summed E-state index contributed by atoms with van der Waals surface area (Å²) in [5, 5.41) is 6.58. The van der Waals surface area contributed by atoms with Gasteiger partial charge in [-0.1, -0.05) is 13.3 Å². The van der Waals surface area contributed by atoms with Crippen LogP contribution in [-0.2, 0) is 15.6 Å². The van der Waals surface area contributed by atoms with Gasteiger partial charge in [-0.05, 0) is 44.6 Å². The maximum absolute atomic E-state index is 11.8. The highest BCUT2D eigenvalue weighted by atomic mass is 35.5. The molecule has 0 aromatic carbocycles. The van der Waals surface area contributed by atoms with E-state index in [0.29, 0.717) is 6.54 Å². The van der Waals surface area contributed by atoms with Crippen LogP contribution in [0.1, 0.15) is 45.4 Å². The minimum atomic E-state index is -0.719. The molecule has 3 atom stereocenters. The van der Waals surface area contributed by atoms with Gasteiger partial charge >= 0.3 is 0 Å². The van der Waals surface area contributed by atoms with Crippen molar-refractivity contribution in [3.8, 4) is 0 Å². The Hall–Kier alpha value is -0.130. The van der Waals surface area contributed by atoms with E-state index in [0.717, 1.165) is 43.9 Å². The lowest BCUT2D eigenvalue weighted by atomic mass is 9.95. The number of hydrogen-bond donors (Lipinski definition) is 2. The third-order valence-corrected chi connectivity index (χ3v) is 5.80. The van der Waals surface area contributed by atoms with Crippen LogP contribution in [-0.4, -0.2) is 40.3 Å². The first kappa shape index (κ1) is 17.9. The second-order valence-corrected chi connectivity index (χ2v) is 7.80. The van der Waals surface area contributed by atoms with Gasteiger partial charge in [0.2, 0.25) is 5.91 Å². The van der Waals surface area contributed by atoms with Gasteiger partial charge in [-0.3, -0.25) is 9.00 Å². The van der Waals surface area contributed by atoms with E-state index in [-0.39, 0.29) is 29.6 Å². The lowest BCUT2D eigenvalue weighted by molar-refractivity contribution is -0.121. The maximum Gasteiger partial charge on any atom is 0.234 e. The van der Waals surface area contributed by atoms with Gasteiger partial charge in [0.25, 0.3) is 0 Å². The zero-order chi connectivity index (χ0) is 13.7. The summed E-state index contributed by atoms with van der Waals surface area (Å²) < 4.78 is 11.8. The Balaban J connectivity index is 0.00000200. The van der Waals surface area contributed by atoms with Crippen molar-refractivity contribution in [3.05, 3.63) is 0 Å². The summed E-state index contributed by atoms with van der Waals surface area (Å²) in [6.45, 7) is 3.37. The van der Waals surface area contributed by atoms with Crippen LogP contribution in [0.15, 0.2) is 0 Å². The normalized spacial score (nSPS) is 27.4. The number of halogens is 1. The fraction of sp³-hybridized carbons (Fsp3) is 0.929. The summed E-state index contributed by atoms with van der Waals surface area (Å²) in [7, 11) is -0.719. The summed E-state index contributed by atoms with van der Waals surface area (Å²) in [4.78, 5) is 11.8. The summed E-state index contributed by atoms with van der Waals surface area (Å²) in [5.74, 6) is 1.63. The van der Waals surface area contributed by atoms with Gasteiger partial charge in [-0.2, -0.15) is 0 Å². The van der Waals surface area contributed by atoms with E-state index >= 15 is 0 Å². The molecule has 6 heteroatoms. The Morgan fingerprint density at radius 2 is 2.00 bits per heavy atom. The molecule has 20 heavy (non-hydrogen) atoms. The minimum Gasteiger partial charge on any atom is -0.352 e. The molecule has 2 N–H and O–H groups in total. The summed E-state index contributed by atoms with van der Waals surface area (Å²) in [5.41, 5.74) is 0. The van der Waals surface area contributed by atoms with Crippen molar-refractivity contribution in [2.45, 2.75) is 56.7 Å². The molecule has 2 rings (SSSR count). The Morgan fingerprint density at radius 1 is 1.25 bits per heavy atom. The molecule has 2 fully saturated rings. The van der Waals surface area contributed by atoms with Gasteiger partial charge in [0.05, 0.1) is 6.54 Å². The van der Waals surface area contributed by atoms with Crippen LogP contribution < -0.4 is 10.6 Å². The summed E-state index contributed by atoms with van der Waals surface area (Å²) in [6, 6.07) is 0.226. The standard InChI is InChI=1S/C14H26N2O2S.ClH/c1-2-19(18)13-5-3-4-12(8-13)16-14(17)10-15-9-11-6-7-11;/h11-13,15H,2-10H2,1H3,(H,16,17);1H. The fourth-order valence-electron chi connectivity index (χ4n) is 2.74. The molecule has 0 bridgehead atoms. The Bertz CT molecular complexity index is 337. The van der Waals surface area contributed by atoms with Crippen molar-refractivity contribution in [2.24, 2.45) is 5.92 Å². The smallest absolute Gasteiger partial charge is 0.234 e. The van der Waals surface area contributed by atoms with E-state index in [4.69, 9.17) is 0 Å². The Kier molecular flexibility index (Phi) is 8.07. The number of carbonyl (C=O) groups excluding carboxylic acids is 1. The second-order valence-electron chi connectivity index (χ2n) is 5.80. The molecule has 118 valence electrons. The molecule has 4 nitrogen and oxygen atoms in total. The highest BCUT2D eigenvalue weighted by molar-refractivity contribution is 7.85. The first-order valence-corrected chi connectivity index (χ1v) is 8.94. The van der Waals surface area contributed by atoms with E-state index in [2.05, 4.69) is 10.6 Å². The Labute approximate surface area is 130 Å². The molecule has 2 aliphatic carbocycles. The number of amides is 1. The van der Waals surface area contributed by atoms with Crippen molar-refractivity contribution in [3.63, 3.8) is 0 Å². The molecular formula is C14H27ClN2O2S. The Morgan fingerprint density at radius 3 is 2.65 bits per heavy atom. The molecule has 0 aromatic heterocycles. The molecular weight excluding hydrogens is 296 g/mol. The van der Waals surface area contributed by atoms with Crippen LogP contribution in [0.5, 0.6) is 0 Å². The van der Waals surface area contributed by atoms with Crippen molar-refractivity contribution in [1.82, 2.24) is 10.6 Å². The zero-order valence-electron chi connectivity index (χ0n) is 12.2. The number of rotatable bonds is 7. The van der Waals surface area contributed by atoms with Crippen LogP contribution in [0.2, 0.25) is 0 Å². The van der Waals surface area contributed by atoms with E-state index in [1.165, 1.54) is 12.8 Å². The first-order valence-electron chi connectivity index (χ1n) is 7.56. The predicted octanol–water partition coefficient (Wildman–Crippen LogP) is 1.60. The molecule has 2 aliphatic rings. The van der Waals surface area contributed by atoms with Crippen LogP contribution >= 0.6 is 12.4 Å². The van der Waals surface area contributed by atoms with E-state index in [9.17, 15) is 9.00 Å². The monoisotopic (exact) mass is 322 g/mol. The first-order chi connectivity index (χ1) is 9.19. The highest BCUT2D eigenvalue weighted by Crippen LogP contribution is 2.27. The van der Waals surface area contributed by atoms with Gasteiger partial charge in [0.1, 0.15) is 0 Å². The van der Waals surface area contributed by atoms with Crippen molar-refractivity contribution in [2.75, 3.05) is 18.8 Å². The van der Waals surface area contributed by atoms with Crippen LogP contribution in [0, 0.1) is 5.92 Å². The topological polar surface area (TPSA) is 58.2 Å². The molecule has 0 radical (unpaired) electrons. The molecule has 2 saturated carbocycles. The molecule has 0 heterocycles. The number of hydrogen-bond acceptors (Lipinski definition) is 3. The fourth-order valence-corrected chi connectivity index (χ4v) is 4.09. The van der Waals surface area contributed by atoms with E-state index in [1.807, 2.05) is 6.92 Å². The maximum atomic E-state index is 11.8. The quantitative estimate of drug-likeness (QED) is 0.748. The molecule has 0 saturated heterocycles. The van der Waals surface area contributed by atoms with Gasteiger partial charge in [0.15, 0.2) is 0 Å². The summed E-state index contributed by atoms with van der Waals surface area (Å²) >= 11 is 0. The van der Waals surface area contributed by atoms with Crippen molar-refractivity contribution < 1.29 is 9.00 Å². The van der Waals surface area contributed by atoms with E-state index in [1.54, 1.807) is 0 Å². The molecule has 0 aromatic rings. The highest BCUT2D eigenvalue weighted by Gasteiger charge is 2.26. The van der Waals surface area contributed by atoms with Crippen molar-refractivity contribution in [1.29, 1.82) is 0 Å². The third-order valence-electron chi connectivity index (χ3n) is 4.06. The summed E-state index contributed by atoms with van der Waals surface area (Å²) in [6.07, 6.45) is 6.66. The zero-order valence-corrected chi connectivity index (χ0v) is 13.9. The molecule has 3 unspecified atom stereocenters. The lowest BCUT2D eigenvalue weighted by Gasteiger charge is -2.29. The van der Waals surface area contributed by atoms with Crippen LogP contribution in [0.4, 0.5) is 0 Å². The largest absolute Gasteiger partial charge is 0.352 e. The SMILES string of the molecule is CCS(=O)C1CCCC(NC(=O)CNCC2CC2)C1.Cl. The predicted molar refractivity (Wildman–Crippen MR) is 85.7 cm³/mol. The number of nitrogens with one attached hydrogen (secondary N) is 2. The lowest BCUT2D eigenvalue weighted by Crippen LogP contribution is -2.44. The average Bonchev–Trinajstić information content (AvgIpc) is 3.22. The van der Waals surface area contributed by atoms with Crippen molar-refractivity contribution >= 4 is 29.1 Å².